The molecule has 0 amide bonds. The van der Waals surface area contributed by atoms with Gasteiger partial charge in [0, 0.05) is 0 Å². The molecule has 0 saturated heterocycles. The summed E-state index contributed by atoms with van der Waals surface area (Å²) in [7, 11) is -4.28. The average molecular weight is 1140 g/mol. The molecular weight excluding hydrogens is 1040 g/mol. The van der Waals surface area contributed by atoms with Crippen LogP contribution in [-0.4, -0.2) is 42.7 Å². The Balaban J connectivity index is 1.63. The maximum absolute atomic E-state index is 3.94. The molecule has 1 spiro atoms. The molecule has 390 valence electrons. The number of hydrogen-bond donors (Lipinski definition) is 0. The fraction of sp³-hybridized carbons (Fsp3) is 0.457. The molecule has 2 bridgehead atoms. The van der Waals surface area contributed by atoms with E-state index in [0.29, 0.717) is 52.1 Å². The van der Waals surface area contributed by atoms with Crippen molar-refractivity contribution in [2.45, 2.75) is 195 Å². The van der Waals surface area contributed by atoms with E-state index in [1.54, 1.807) is 43.4 Å². The second kappa shape index (κ2) is 19.5. The van der Waals surface area contributed by atoms with Gasteiger partial charge in [-0.05, 0) is 0 Å². The molecule has 5 aromatic carbocycles. The van der Waals surface area contributed by atoms with Crippen LogP contribution in [0.15, 0.2) is 127 Å². The molecule has 74 heavy (non-hydrogen) atoms. The second-order valence-electron chi connectivity index (χ2n) is 28.0. The molecule has 0 radical (unpaired) electrons. The van der Waals surface area contributed by atoms with Crippen molar-refractivity contribution in [1.82, 2.24) is 0 Å². The number of allylic oxidation sites excluding steroid dienone is 4. The van der Waals surface area contributed by atoms with Gasteiger partial charge < -0.3 is 0 Å². The minimum atomic E-state index is -3.94. The number of rotatable bonds is 14. The molecule has 0 unspecified atom stereocenters. The monoisotopic (exact) mass is 1140 g/mol. The SMILES string of the molecule is CC(C)C1=C2c3cccc(-c4c(C(C)C)cccc4C(C)C)[c]3[Ge]34[C]([Si](C)(C)C)=[CH][Ge]([c]5c(-c6c(C(C)C)cccc6C(C)C)cccc5-c5c(C(C)C)cccc5C(C)C)([CH]=[C]3[Si](C)(C)C)[C@H](C=C1)[C@]24C(C)C. The van der Waals surface area contributed by atoms with Gasteiger partial charge in [0.1, 0.15) is 0 Å². The van der Waals surface area contributed by atoms with Gasteiger partial charge in [0.2, 0.25) is 0 Å². The Morgan fingerprint density at radius 3 is 1.00 bits per heavy atom. The predicted molar refractivity (Wildman–Crippen MR) is 340 cm³/mol. The molecule has 4 aliphatic heterocycles. The summed E-state index contributed by atoms with van der Waals surface area (Å²) in [6, 6.07) is 37.7. The van der Waals surface area contributed by atoms with Crippen molar-refractivity contribution >= 4 is 57.0 Å². The molecule has 0 saturated carbocycles. The summed E-state index contributed by atoms with van der Waals surface area (Å²) in [5, 5.41) is 0. The van der Waals surface area contributed by atoms with Gasteiger partial charge in [0.05, 0.1) is 0 Å². The molecule has 0 fully saturated rings. The zero-order valence-electron chi connectivity index (χ0n) is 50.2. The van der Waals surface area contributed by atoms with E-state index < -0.39 is 42.7 Å². The molecule has 4 heteroatoms. The van der Waals surface area contributed by atoms with Crippen LogP contribution in [0.3, 0.4) is 0 Å². The van der Waals surface area contributed by atoms with Crippen LogP contribution in [-0.2, 0) is 0 Å². The van der Waals surface area contributed by atoms with E-state index in [4.69, 9.17) is 0 Å². The Kier molecular flexibility index (Phi) is 14.6. The topological polar surface area (TPSA) is 0 Å². The first kappa shape index (κ1) is 55.3. The summed E-state index contributed by atoms with van der Waals surface area (Å²) in [5.41, 5.74) is 23.4. The van der Waals surface area contributed by atoms with E-state index in [0.717, 1.165) is 0 Å². The Morgan fingerprint density at radius 2 is 0.703 bits per heavy atom. The van der Waals surface area contributed by atoms with Gasteiger partial charge in [0.25, 0.3) is 0 Å². The van der Waals surface area contributed by atoms with E-state index in [1.165, 1.54) is 44.5 Å². The zero-order valence-corrected chi connectivity index (χ0v) is 56.4. The van der Waals surface area contributed by atoms with Crippen molar-refractivity contribution in [2.75, 3.05) is 0 Å². The molecule has 0 aromatic heterocycles. The standard InChI is InChI=1S/C70H94Ge2Si2/c1-42(2)50-28-23-29-51(43(3)4)64(50)57-34-26-35-58(65-52(44(5)6)30-24-31-53(65)45(7)8)68(57)71-40-62(73(17,18)19)72(63(41-71)74(20,21)22)69-59(66-54(46(9)10)32-25-33-55(66)47(11)12)36-27-37-60(69)67-56(48(13)14)38-39-61(71)70(67,72)49(15)16/h23-49,61H,1-22H3/t61-,70-,71?,72?/m1/s1. The molecule has 2 atom stereocenters. The summed E-state index contributed by atoms with van der Waals surface area (Å²) < 4.78 is 8.09. The van der Waals surface area contributed by atoms with Gasteiger partial charge in [0.15, 0.2) is 0 Å². The van der Waals surface area contributed by atoms with E-state index in [2.05, 4.69) is 263 Å². The first-order valence-electron chi connectivity index (χ1n) is 29.2. The Bertz CT molecular complexity index is 2970. The van der Waals surface area contributed by atoms with Crippen LogP contribution >= 0.6 is 0 Å². The van der Waals surface area contributed by atoms with Crippen molar-refractivity contribution < 1.29 is 0 Å². The fourth-order valence-corrected chi connectivity index (χ4v) is 84.4. The molecule has 1 aliphatic carbocycles. The third kappa shape index (κ3) is 7.94. The van der Waals surface area contributed by atoms with Crippen LogP contribution < -0.4 is 8.79 Å². The third-order valence-corrected chi connectivity index (χ3v) is 61.9. The number of benzene rings is 5. The van der Waals surface area contributed by atoms with E-state index >= 15 is 0 Å². The third-order valence-electron chi connectivity index (χ3n) is 18.7. The summed E-state index contributed by atoms with van der Waals surface area (Å²) in [4.78, 5) is 6.63. The molecular formula is C70H94Ge2Si2. The van der Waals surface area contributed by atoms with Crippen molar-refractivity contribution in [3.8, 4) is 33.4 Å². The van der Waals surface area contributed by atoms with Crippen molar-refractivity contribution in [3.05, 3.63) is 166 Å². The van der Waals surface area contributed by atoms with E-state index in [-0.39, 0.29) is 4.25 Å². The minimum absolute atomic E-state index is 0.00639. The molecule has 5 aromatic rings. The van der Waals surface area contributed by atoms with E-state index in [9.17, 15) is 0 Å². The van der Waals surface area contributed by atoms with Gasteiger partial charge in [-0.25, -0.2) is 0 Å². The Morgan fingerprint density at radius 1 is 0.392 bits per heavy atom. The summed E-state index contributed by atoms with van der Waals surface area (Å²) >= 11 is -7.82. The first-order valence-corrected chi connectivity index (χ1v) is 45.1. The van der Waals surface area contributed by atoms with Gasteiger partial charge in [-0.3, -0.25) is 0 Å². The number of hydrogen-bond acceptors (Lipinski definition) is 0. The van der Waals surface area contributed by atoms with Crippen LogP contribution in [0.4, 0.5) is 0 Å². The first-order chi connectivity index (χ1) is 34.6. The van der Waals surface area contributed by atoms with Crippen LogP contribution in [0.5, 0.6) is 0 Å². The molecule has 4 heterocycles. The van der Waals surface area contributed by atoms with Crippen LogP contribution in [0, 0.1) is 11.8 Å². The molecule has 0 nitrogen and oxygen atoms in total. The maximum atomic E-state index is 3.31. The van der Waals surface area contributed by atoms with Crippen LogP contribution in [0.1, 0.15) is 185 Å². The van der Waals surface area contributed by atoms with Gasteiger partial charge in [-0.1, -0.05) is 0 Å². The van der Waals surface area contributed by atoms with Crippen molar-refractivity contribution in [1.29, 1.82) is 0 Å². The Hall–Kier alpha value is -3.42. The van der Waals surface area contributed by atoms with Gasteiger partial charge >= 0.3 is 462 Å². The number of fused-ring (bicyclic) bond motifs is 2. The zero-order chi connectivity index (χ0) is 54.1. The van der Waals surface area contributed by atoms with E-state index in [1.807, 2.05) is 12.5 Å². The summed E-state index contributed by atoms with van der Waals surface area (Å²) in [6.45, 7) is 56.7. The molecule has 0 N–H and O–H groups in total. The molecule has 5 aliphatic rings. The van der Waals surface area contributed by atoms with Crippen molar-refractivity contribution in [3.63, 3.8) is 0 Å². The van der Waals surface area contributed by atoms with Gasteiger partial charge in [-0.2, -0.15) is 0 Å². The van der Waals surface area contributed by atoms with Crippen LogP contribution in [0.25, 0.3) is 39.0 Å². The fourth-order valence-electron chi connectivity index (χ4n) is 16.0. The average Bonchev–Trinajstić information content (AvgIpc) is 3.61. The summed E-state index contributed by atoms with van der Waals surface area (Å²) in [5.74, 6) is 3.20. The van der Waals surface area contributed by atoms with Crippen LogP contribution in [0.2, 0.25) is 48.3 Å². The summed E-state index contributed by atoms with van der Waals surface area (Å²) in [6.07, 6.45) is 5.70. The van der Waals surface area contributed by atoms with Gasteiger partial charge in [-0.15, -0.1) is 0 Å². The predicted octanol–water partition coefficient (Wildman–Crippen LogP) is 20.0. The van der Waals surface area contributed by atoms with Crippen molar-refractivity contribution in [2.24, 2.45) is 11.8 Å². The Labute approximate surface area is 458 Å². The molecule has 10 rings (SSSR count). The second-order valence-corrected chi connectivity index (χ2v) is 55.8. The normalized spacial score (nSPS) is 22.4. The quantitative estimate of drug-likeness (QED) is 0.0972.